The smallest absolute Gasteiger partial charge is 0.330 e. The zero-order valence-electron chi connectivity index (χ0n) is 13.2. The molecule has 6 heteroatoms. The van der Waals surface area contributed by atoms with Crippen LogP contribution in [0.4, 0.5) is 0 Å². The minimum Gasteiger partial charge on any atom is -0.465 e. The van der Waals surface area contributed by atoms with Crippen molar-refractivity contribution in [2.24, 2.45) is 11.8 Å². The first-order chi connectivity index (χ1) is 11.1. The van der Waals surface area contributed by atoms with Crippen LogP contribution >= 0.6 is 0 Å². The summed E-state index contributed by atoms with van der Waals surface area (Å²) >= 11 is 0. The molecule has 0 aromatic heterocycles. The number of hydrogen-bond acceptors (Lipinski definition) is 6. The van der Waals surface area contributed by atoms with Crippen LogP contribution in [0, 0.1) is 11.8 Å². The van der Waals surface area contributed by atoms with E-state index in [0.717, 1.165) is 31.8 Å². The third-order valence-corrected chi connectivity index (χ3v) is 5.10. The molecule has 128 valence electrons. The monoisotopic (exact) mass is 324 g/mol. The van der Waals surface area contributed by atoms with Crippen LogP contribution in [0.3, 0.4) is 0 Å². The number of aliphatic hydroxyl groups is 1. The number of carbonyl (C=O) groups is 2. The molecule has 3 rings (SSSR count). The fourth-order valence-electron chi connectivity index (χ4n) is 3.61. The highest BCUT2D eigenvalue weighted by molar-refractivity contribution is 5.81. The van der Waals surface area contributed by atoms with Crippen molar-refractivity contribution in [1.29, 1.82) is 0 Å². The molecule has 3 aliphatic rings. The maximum Gasteiger partial charge on any atom is 0.330 e. The molecular weight excluding hydrogens is 300 g/mol. The largest absolute Gasteiger partial charge is 0.465 e. The zero-order chi connectivity index (χ0) is 16.4. The van der Waals surface area contributed by atoms with Gasteiger partial charge < -0.3 is 19.3 Å². The van der Waals surface area contributed by atoms with E-state index in [0.29, 0.717) is 25.6 Å². The van der Waals surface area contributed by atoms with Gasteiger partial charge in [-0.15, -0.1) is 0 Å². The van der Waals surface area contributed by atoms with Gasteiger partial charge in [0.05, 0.1) is 30.8 Å². The van der Waals surface area contributed by atoms with Gasteiger partial charge in [0.1, 0.15) is 6.10 Å². The fourth-order valence-corrected chi connectivity index (χ4v) is 3.61. The van der Waals surface area contributed by atoms with Crippen LogP contribution in [0.25, 0.3) is 0 Å². The van der Waals surface area contributed by atoms with E-state index in [1.807, 2.05) is 0 Å². The third kappa shape index (κ3) is 4.12. The summed E-state index contributed by atoms with van der Waals surface area (Å²) < 4.78 is 16.1. The molecule has 6 atom stereocenters. The summed E-state index contributed by atoms with van der Waals surface area (Å²) in [6.07, 6.45) is 4.87. The van der Waals surface area contributed by atoms with Crippen molar-refractivity contribution in [3.8, 4) is 0 Å². The summed E-state index contributed by atoms with van der Waals surface area (Å²) in [7, 11) is 0. The first-order valence-electron chi connectivity index (χ1n) is 8.40. The number of hydrogen-bond donors (Lipinski definition) is 1. The number of ether oxygens (including phenoxy) is 3. The van der Waals surface area contributed by atoms with Crippen molar-refractivity contribution in [2.75, 3.05) is 6.61 Å². The average molecular weight is 324 g/mol. The van der Waals surface area contributed by atoms with Crippen LogP contribution in [0.5, 0.6) is 0 Å². The summed E-state index contributed by atoms with van der Waals surface area (Å²) in [4.78, 5) is 23.4. The predicted molar refractivity (Wildman–Crippen MR) is 80.4 cm³/mol. The summed E-state index contributed by atoms with van der Waals surface area (Å²) in [5.74, 6) is -0.626. The van der Waals surface area contributed by atoms with Crippen molar-refractivity contribution >= 4 is 11.9 Å². The molecule has 3 fully saturated rings. The topological polar surface area (TPSA) is 85.4 Å². The van der Waals surface area contributed by atoms with Crippen molar-refractivity contribution in [1.82, 2.24) is 0 Å². The van der Waals surface area contributed by atoms with E-state index >= 15 is 0 Å². The van der Waals surface area contributed by atoms with Gasteiger partial charge in [0.2, 0.25) is 0 Å². The second kappa shape index (κ2) is 7.01. The molecule has 6 nitrogen and oxygen atoms in total. The van der Waals surface area contributed by atoms with E-state index in [2.05, 4.69) is 6.58 Å². The molecule has 1 heterocycles. The van der Waals surface area contributed by atoms with Crippen molar-refractivity contribution in [3.05, 3.63) is 12.7 Å². The van der Waals surface area contributed by atoms with Gasteiger partial charge in [0.25, 0.3) is 0 Å². The Kier molecular flexibility index (Phi) is 5.02. The van der Waals surface area contributed by atoms with Gasteiger partial charge in [-0.2, -0.15) is 0 Å². The van der Waals surface area contributed by atoms with Gasteiger partial charge in [0.15, 0.2) is 0 Å². The minimum atomic E-state index is -0.659. The molecule has 0 amide bonds. The highest BCUT2D eigenvalue weighted by Gasteiger charge is 2.46. The van der Waals surface area contributed by atoms with Crippen molar-refractivity contribution in [2.45, 2.75) is 62.9 Å². The Morgan fingerprint density at radius 1 is 1.17 bits per heavy atom. The lowest BCUT2D eigenvalue weighted by molar-refractivity contribution is -0.158. The van der Waals surface area contributed by atoms with Crippen LogP contribution in [0.2, 0.25) is 0 Å². The van der Waals surface area contributed by atoms with Crippen molar-refractivity contribution < 1.29 is 28.9 Å². The standard InChI is InChI=1S/C17H24O6/c1-2-16(19)23-14-7-10(3-5-12(14)18)9-21-17(20)11-4-6-13-15(8-11)22-13/h2,10-15,18H,1,3-9H2. The summed E-state index contributed by atoms with van der Waals surface area (Å²) in [5.41, 5.74) is 0. The predicted octanol–water partition coefficient (Wildman–Crippen LogP) is 1.36. The van der Waals surface area contributed by atoms with E-state index in [1.165, 1.54) is 0 Å². The first-order valence-corrected chi connectivity index (χ1v) is 8.40. The van der Waals surface area contributed by atoms with Crippen LogP contribution in [0.1, 0.15) is 38.5 Å². The van der Waals surface area contributed by atoms with E-state index < -0.39 is 18.2 Å². The molecule has 23 heavy (non-hydrogen) atoms. The Morgan fingerprint density at radius 2 is 2.00 bits per heavy atom. The normalized spacial score (nSPS) is 39.0. The Hall–Kier alpha value is -1.40. The minimum absolute atomic E-state index is 0.0534. The molecule has 1 saturated heterocycles. The highest BCUT2D eigenvalue weighted by Crippen LogP contribution is 2.40. The van der Waals surface area contributed by atoms with E-state index in [-0.39, 0.29) is 23.9 Å². The fraction of sp³-hybridized carbons (Fsp3) is 0.765. The molecule has 2 saturated carbocycles. The quantitative estimate of drug-likeness (QED) is 0.467. The molecule has 6 unspecified atom stereocenters. The van der Waals surface area contributed by atoms with E-state index in [9.17, 15) is 14.7 Å². The van der Waals surface area contributed by atoms with Crippen LogP contribution in [-0.2, 0) is 23.8 Å². The second-order valence-corrected chi connectivity index (χ2v) is 6.78. The van der Waals surface area contributed by atoms with Gasteiger partial charge in [-0.3, -0.25) is 4.79 Å². The number of epoxide rings is 1. The lowest BCUT2D eigenvalue weighted by atomic mass is 9.85. The Balaban J connectivity index is 1.43. The van der Waals surface area contributed by atoms with Crippen molar-refractivity contribution in [3.63, 3.8) is 0 Å². The van der Waals surface area contributed by atoms with E-state index in [1.54, 1.807) is 0 Å². The SMILES string of the molecule is C=CC(=O)OC1CC(COC(=O)C2CCC3OC3C2)CCC1O. The zero-order valence-corrected chi connectivity index (χ0v) is 13.2. The Morgan fingerprint density at radius 3 is 2.74 bits per heavy atom. The molecule has 0 radical (unpaired) electrons. The summed E-state index contributed by atoms with van der Waals surface area (Å²) in [5, 5.41) is 9.91. The molecule has 1 N–H and O–H groups in total. The molecule has 0 aromatic rings. The van der Waals surface area contributed by atoms with Gasteiger partial charge in [0, 0.05) is 6.08 Å². The second-order valence-electron chi connectivity index (χ2n) is 6.78. The molecule has 0 bridgehead atoms. The molecule has 2 aliphatic carbocycles. The third-order valence-electron chi connectivity index (χ3n) is 5.10. The van der Waals surface area contributed by atoms with Crippen LogP contribution in [0.15, 0.2) is 12.7 Å². The molecule has 1 aliphatic heterocycles. The maximum absolute atomic E-state index is 12.1. The Labute approximate surface area is 135 Å². The summed E-state index contributed by atoms with van der Waals surface area (Å²) in [6.45, 7) is 3.67. The van der Waals surface area contributed by atoms with Crippen LogP contribution in [-0.4, -0.2) is 48.1 Å². The highest BCUT2D eigenvalue weighted by atomic mass is 16.6. The van der Waals surface area contributed by atoms with Gasteiger partial charge >= 0.3 is 11.9 Å². The lowest BCUT2D eigenvalue weighted by Gasteiger charge is -2.32. The summed E-state index contributed by atoms with van der Waals surface area (Å²) in [6, 6.07) is 0. The van der Waals surface area contributed by atoms with Gasteiger partial charge in [-0.1, -0.05) is 6.58 Å². The maximum atomic E-state index is 12.1. The van der Waals surface area contributed by atoms with E-state index in [4.69, 9.17) is 14.2 Å². The molecule has 0 spiro atoms. The first kappa shape index (κ1) is 16.5. The number of rotatable bonds is 5. The lowest BCUT2D eigenvalue weighted by Crippen LogP contribution is -2.38. The number of aliphatic hydroxyl groups excluding tert-OH is 1. The molecular formula is C17H24O6. The number of esters is 2. The number of fused-ring (bicyclic) bond motifs is 1. The average Bonchev–Trinajstić information content (AvgIpc) is 3.33. The molecule has 0 aromatic carbocycles. The van der Waals surface area contributed by atoms with Gasteiger partial charge in [-0.25, -0.2) is 4.79 Å². The van der Waals surface area contributed by atoms with Crippen LogP contribution < -0.4 is 0 Å². The Bertz CT molecular complexity index is 476. The van der Waals surface area contributed by atoms with Gasteiger partial charge in [-0.05, 0) is 44.4 Å². The number of carbonyl (C=O) groups excluding carboxylic acids is 2.